The zero-order valence-electron chi connectivity index (χ0n) is 9.18. The molecular formula is C11H14BrFN2O. The molecule has 0 fully saturated rings. The molecule has 1 rings (SSSR count). The summed E-state index contributed by atoms with van der Waals surface area (Å²) in [5, 5.41) is 3.01. The van der Waals surface area contributed by atoms with E-state index in [1.54, 1.807) is 13.0 Å². The van der Waals surface area contributed by atoms with Gasteiger partial charge in [-0.25, -0.2) is 4.39 Å². The molecule has 1 aromatic carbocycles. The maximum absolute atomic E-state index is 13.0. The van der Waals surface area contributed by atoms with E-state index in [2.05, 4.69) is 21.2 Å². The number of halogens is 2. The summed E-state index contributed by atoms with van der Waals surface area (Å²) in [7, 11) is 0. The molecule has 0 aromatic heterocycles. The zero-order valence-corrected chi connectivity index (χ0v) is 10.8. The first kappa shape index (κ1) is 13.1. The molecule has 0 heterocycles. The van der Waals surface area contributed by atoms with Crippen molar-refractivity contribution in [1.82, 2.24) is 5.32 Å². The molecule has 1 atom stereocenters. The van der Waals surface area contributed by atoms with Gasteiger partial charge in [0.25, 0.3) is 0 Å². The highest BCUT2D eigenvalue weighted by atomic mass is 79.9. The second kappa shape index (κ2) is 4.93. The predicted molar refractivity (Wildman–Crippen MR) is 64.3 cm³/mol. The molecule has 0 saturated carbocycles. The molecule has 0 aliphatic rings. The lowest BCUT2D eigenvalue weighted by Crippen LogP contribution is -2.50. The number of hydrogen-bond acceptors (Lipinski definition) is 2. The van der Waals surface area contributed by atoms with Crippen LogP contribution in [-0.4, -0.2) is 12.5 Å². The summed E-state index contributed by atoms with van der Waals surface area (Å²) < 4.78 is 13.5. The summed E-state index contributed by atoms with van der Waals surface area (Å²) in [6, 6.07) is 4.17. The lowest BCUT2D eigenvalue weighted by Gasteiger charge is -2.28. The topological polar surface area (TPSA) is 55.1 Å². The molecule has 1 unspecified atom stereocenters. The smallest absolute Gasteiger partial charge is 0.242 e. The Hall–Kier alpha value is -0.940. The van der Waals surface area contributed by atoms with Gasteiger partial charge in [0.2, 0.25) is 5.91 Å². The van der Waals surface area contributed by atoms with Crippen LogP contribution in [0.5, 0.6) is 0 Å². The van der Waals surface area contributed by atoms with E-state index in [0.717, 1.165) is 0 Å². The Morgan fingerprint density at radius 2 is 2.25 bits per heavy atom. The van der Waals surface area contributed by atoms with Crippen molar-refractivity contribution >= 4 is 21.8 Å². The van der Waals surface area contributed by atoms with Gasteiger partial charge in [0.15, 0.2) is 0 Å². The number of nitrogens with two attached hydrogens (primary N) is 1. The van der Waals surface area contributed by atoms with E-state index in [1.165, 1.54) is 12.1 Å². The lowest BCUT2D eigenvalue weighted by molar-refractivity contribution is -0.124. The van der Waals surface area contributed by atoms with Gasteiger partial charge in [0.1, 0.15) is 11.4 Å². The van der Waals surface area contributed by atoms with Crippen LogP contribution in [0.3, 0.4) is 0 Å². The first-order valence-corrected chi connectivity index (χ1v) is 5.71. The Balaban J connectivity index is 3.26. The maximum atomic E-state index is 13.0. The molecule has 5 heteroatoms. The van der Waals surface area contributed by atoms with E-state index in [1.807, 2.05) is 6.92 Å². The average Bonchev–Trinajstić information content (AvgIpc) is 2.17. The van der Waals surface area contributed by atoms with Crippen molar-refractivity contribution in [1.29, 1.82) is 0 Å². The standard InChI is InChI=1S/C11H14BrFN2O/c1-3-15-11(2,10(14)16)8-5-4-7(13)6-9(8)12/h4-6,15H,3H2,1-2H3,(H2,14,16). The third-order valence-corrected chi connectivity index (χ3v) is 3.15. The number of carbonyl (C=O) groups excluding carboxylic acids is 1. The van der Waals surface area contributed by atoms with E-state index in [4.69, 9.17) is 5.73 Å². The van der Waals surface area contributed by atoms with Gasteiger partial charge < -0.3 is 11.1 Å². The number of carbonyl (C=O) groups is 1. The maximum Gasteiger partial charge on any atom is 0.242 e. The normalized spacial score (nSPS) is 14.5. The molecule has 1 aromatic rings. The SMILES string of the molecule is CCNC(C)(C(N)=O)c1ccc(F)cc1Br. The summed E-state index contributed by atoms with van der Waals surface area (Å²) in [6.07, 6.45) is 0. The molecule has 0 radical (unpaired) electrons. The molecule has 16 heavy (non-hydrogen) atoms. The van der Waals surface area contributed by atoms with Crippen molar-refractivity contribution in [2.75, 3.05) is 6.54 Å². The van der Waals surface area contributed by atoms with Crippen LogP contribution >= 0.6 is 15.9 Å². The van der Waals surface area contributed by atoms with Gasteiger partial charge in [0.05, 0.1) is 0 Å². The van der Waals surface area contributed by atoms with Crippen molar-refractivity contribution in [2.24, 2.45) is 5.73 Å². The highest BCUT2D eigenvalue weighted by Gasteiger charge is 2.33. The number of benzene rings is 1. The number of hydrogen-bond donors (Lipinski definition) is 2. The van der Waals surface area contributed by atoms with Crippen molar-refractivity contribution in [2.45, 2.75) is 19.4 Å². The van der Waals surface area contributed by atoms with Crippen LogP contribution < -0.4 is 11.1 Å². The third kappa shape index (κ3) is 2.41. The summed E-state index contributed by atoms with van der Waals surface area (Å²) in [5.74, 6) is -0.861. The average molecular weight is 289 g/mol. The molecule has 3 nitrogen and oxygen atoms in total. The highest BCUT2D eigenvalue weighted by molar-refractivity contribution is 9.10. The second-order valence-corrected chi connectivity index (χ2v) is 4.50. The summed E-state index contributed by atoms with van der Waals surface area (Å²) in [4.78, 5) is 11.5. The largest absolute Gasteiger partial charge is 0.368 e. The number of amides is 1. The van der Waals surface area contributed by atoms with E-state index in [-0.39, 0.29) is 5.82 Å². The van der Waals surface area contributed by atoms with Crippen molar-refractivity contribution in [3.8, 4) is 0 Å². The minimum absolute atomic E-state index is 0.362. The fourth-order valence-electron chi connectivity index (χ4n) is 1.56. The molecular weight excluding hydrogens is 275 g/mol. The van der Waals surface area contributed by atoms with Crippen LogP contribution in [0.2, 0.25) is 0 Å². The molecule has 0 spiro atoms. The van der Waals surface area contributed by atoms with Crippen LogP contribution in [-0.2, 0) is 10.3 Å². The van der Waals surface area contributed by atoms with Gasteiger partial charge in [-0.15, -0.1) is 0 Å². The zero-order chi connectivity index (χ0) is 12.3. The number of rotatable bonds is 4. The summed E-state index contributed by atoms with van der Waals surface area (Å²) >= 11 is 3.23. The summed E-state index contributed by atoms with van der Waals surface area (Å²) in [5.41, 5.74) is 5.01. The van der Waals surface area contributed by atoms with Crippen molar-refractivity contribution < 1.29 is 9.18 Å². The van der Waals surface area contributed by atoms with E-state index >= 15 is 0 Å². The van der Waals surface area contributed by atoms with E-state index in [0.29, 0.717) is 16.6 Å². The monoisotopic (exact) mass is 288 g/mol. The van der Waals surface area contributed by atoms with Crippen LogP contribution in [0.25, 0.3) is 0 Å². The van der Waals surface area contributed by atoms with Gasteiger partial charge in [-0.3, -0.25) is 4.79 Å². The number of nitrogens with one attached hydrogen (secondary N) is 1. The Bertz CT molecular complexity index is 411. The fourth-order valence-corrected chi connectivity index (χ4v) is 2.31. The highest BCUT2D eigenvalue weighted by Crippen LogP contribution is 2.28. The first-order valence-electron chi connectivity index (χ1n) is 4.92. The van der Waals surface area contributed by atoms with Gasteiger partial charge in [0, 0.05) is 4.47 Å². The molecule has 3 N–H and O–H groups in total. The fraction of sp³-hybridized carbons (Fsp3) is 0.364. The van der Waals surface area contributed by atoms with Crippen molar-refractivity contribution in [3.05, 3.63) is 34.1 Å². The van der Waals surface area contributed by atoms with Crippen LogP contribution in [0.1, 0.15) is 19.4 Å². The molecule has 1 amide bonds. The molecule has 0 bridgehead atoms. The Kier molecular flexibility index (Phi) is 4.04. The third-order valence-electron chi connectivity index (χ3n) is 2.49. The van der Waals surface area contributed by atoms with E-state index in [9.17, 15) is 9.18 Å². The molecule has 88 valence electrons. The Labute approximate surface area is 102 Å². The van der Waals surface area contributed by atoms with Crippen LogP contribution in [0.15, 0.2) is 22.7 Å². The number of primary amides is 1. The molecule has 0 aliphatic carbocycles. The predicted octanol–water partition coefficient (Wildman–Crippen LogP) is 1.90. The molecule has 0 aliphatic heterocycles. The van der Waals surface area contributed by atoms with Gasteiger partial charge >= 0.3 is 0 Å². The minimum atomic E-state index is -0.999. The van der Waals surface area contributed by atoms with Gasteiger partial charge in [-0.05, 0) is 31.2 Å². The second-order valence-electron chi connectivity index (χ2n) is 3.64. The lowest BCUT2D eigenvalue weighted by atomic mass is 9.91. The van der Waals surface area contributed by atoms with E-state index < -0.39 is 11.4 Å². The Morgan fingerprint density at radius 1 is 1.62 bits per heavy atom. The quantitative estimate of drug-likeness (QED) is 0.889. The van der Waals surface area contributed by atoms with Crippen LogP contribution in [0.4, 0.5) is 4.39 Å². The number of likely N-dealkylation sites (N-methyl/N-ethyl adjacent to an activating group) is 1. The summed E-state index contributed by atoms with van der Waals surface area (Å²) in [6.45, 7) is 4.14. The van der Waals surface area contributed by atoms with Crippen LogP contribution in [0, 0.1) is 5.82 Å². The van der Waals surface area contributed by atoms with Gasteiger partial charge in [-0.2, -0.15) is 0 Å². The van der Waals surface area contributed by atoms with Gasteiger partial charge in [-0.1, -0.05) is 28.9 Å². The first-order chi connectivity index (χ1) is 7.41. The van der Waals surface area contributed by atoms with Crippen molar-refractivity contribution in [3.63, 3.8) is 0 Å². The minimum Gasteiger partial charge on any atom is -0.368 e. The molecule has 0 saturated heterocycles. The Morgan fingerprint density at radius 3 is 2.69 bits per heavy atom.